The number of rotatable bonds is 6. The van der Waals surface area contributed by atoms with Gasteiger partial charge in [-0.15, -0.1) is 12.4 Å². The predicted molar refractivity (Wildman–Crippen MR) is 100 cm³/mol. The zero-order valence-corrected chi connectivity index (χ0v) is 14.4. The molecule has 0 spiro atoms. The van der Waals surface area contributed by atoms with Gasteiger partial charge in [0.25, 0.3) is 0 Å². The van der Waals surface area contributed by atoms with Gasteiger partial charge in [0, 0.05) is 18.5 Å². The number of nitrogens with zero attached hydrogens (tertiary/aromatic N) is 2. The van der Waals surface area contributed by atoms with E-state index in [-0.39, 0.29) is 24.5 Å². The first kappa shape index (κ1) is 18.5. The summed E-state index contributed by atoms with van der Waals surface area (Å²) in [6, 6.07) is 19.4. The Kier molecular flexibility index (Phi) is 6.99. The summed E-state index contributed by atoms with van der Waals surface area (Å²) in [6.45, 7) is 0.523. The van der Waals surface area contributed by atoms with E-state index in [0.29, 0.717) is 6.54 Å². The first-order valence-electron chi connectivity index (χ1n) is 7.76. The van der Waals surface area contributed by atoms with Crippen LogP contribution < -0.4 is 0 Å². The van der Waals surface area contributed by atoms with E-state index in [2.05, 4.69) is 4.98 Å². The lowest BCUT2D eigenvalue weighted by molar-refractivity contribution is -0.144. The second-order valence-electron chi connectivity index (χ2n) is 5.34. The predicted octanol–water partition coefficient (Wildman–Crippen LogP) is 4.30. The van der Waals surface area contributed by atoms with E-state index in [1.54, 1.807) is 18.6 Å². The van der Waals surface area contributed by atoms with E-state index in [9.17, 15) is 4.79 Å². The van der Waals surface area contributed by atoms with Gasteiger partial charge >= 0.3 is 5.97 Å². The molecule has 1 atom stereocenters. The molecule has 0 aliphatic heterocycles. The Balaban J connectivity index is 0.00000225. The fraction of sp³-hybridized carbons (Fsp3) is 0.100. The number of benzene rings is 2. The molecule has 25 heavy (non-hydrogen) atoms. The van der Waals surface area contributed by atoms with E-state index >= 15 is 0 Å². The third-order valence-electron chi connectivity index (χ3n) is 3.58. The van der Waals surface area contributed by atoms with Gasteiger partial charge in [-0.25, -0.2) is 9.78 Å². The molecule has 1 unspecified atom stereocenters. The van der Waals surface area contributed by atoms with Crippen LogP contribution in [0.5, 0.6) is 0 Å². The highest BCUT2D eigenvalue weighted by Crippen LogP contribution is 2.20. The maximum atomic E-state index is 12.2. The van der Waals surface area contributed by atoms with Crippen molar-refractivity contribution in [2.75, 3.05) is 0 Å². The summed E-state index contributed by atoms with van der Waals surface area (Å²) < 4.78 is 7.55. The molecule has 1 heterocycles. The normalized spacial score (nSPS) is 11.7. The Bertz CT molecular complexity index is 787. The SMILES string of the molecule is Cl.O=C(/C=C/c1ccccc1)OC(Cn1ccnc1)c1ccccc1. The Morgan fingerprint density at radius 3 is 2.40 bits per heavy atom. The third kappa shape index (κ3) is 5.62. The van der Waals surface area contributed by atoms with Gasteiger partial charge in [0.2, 0.25) is 0 Å². The van der Waals surface area contributed by atoms with Crippen LogP contribution >= 0.6 is 12.4 Å². The third-order valence-corrected chi connectivity index (χ3v) is 3.58. The molecule has 3 rings (SSSR count). The van der Waals surface area contributed by atoms with Crippen molar-refractivity contribution in [1.29, 1.82) is 0 Å². The van der Waals surface area contributed by atoms with Crippen LogP contribution in [0.3, 0.4) is 0 Å². The molecule has 0 bridgehead atoms. The second kappa shape index (κ2) is 9.45. The molecular formula is C20H19ClN2O2. The monoisotopic (exact) mass is 354 g/mol. The van der Waals surface area contributed by atoms with Crippen LogP contribution in [-0.4, -0.2) is 15.5 Å². The summed E-state index contributed by atoms with van der Waals surface area (Å²) >= 11 is 0. The molecule has 2 aromatic carbocycles. The van der Waals surface area contributed by atoms with Gasteiger partial charge in [0.1, 0.15) is 6.10 Å². The van der Waals surface area contributed by atoms with Crippen LogP contribution in [0.15, 0.2) is 85.5 Å². The Morgan fingerprint density at radius 2 is 1.76 bits per heavy atom. The lowest BCUT2D eigenvalue weighted by Gasteiger charge is -2.18. The molecular weight excluding hydrogens is 336 g/mol. The summed E-state index contributed by atoms with van der Waals surface area (Å²) in [7, 11) is 0. The number of ether oxygens (including phenoxy) is 1. The van der Waals surface area contributed by atoms with Crippen LogP contribution in [0, 0.1) is 0 Å². The van der Waals surface area contributed by atoms with Gasteiger partial charge in [0.05, 0.1) is 12.9 Å². The van der Waals surface area contributed by atoms with Gasteiger partial charge in [-0.1, -0.05) is 60.7 Å². The average molecular weight is 355 g/mol. The van der Waals surface area contributed by atoms with E-state index in [1.165, 1.54) is 6.08 Å². The van der Waals surface area contributed by atoms with Crippen LogP contribution in [0.2, 0.25) is 0 Å². The lowest BCUT2D eigenvalue weighted by atomic mass is 10.1. The maximum absolute atomic E-state index is 12.2. The highest BCUT2D eigenvalue weighted by Gasteiger charge is 2.16. The molecule has 5 heteroatoms. The van der Waals surface area contributed by atoms with Crippen LogP contribution in [-0.2, 0) is 16.1 Å². The summed E-state index contributed by atoms with van der Waals surface area (Å²) in [5, 5.41) is 0. The number of hydrogen-bond acceptors (Lipinski definition) is 3. The molecule has 0 radical (unpaired) electrons. The average Bonchev–Trinajstić information content (AvgIpc) is 3.14. The summed E-state index contributed by atoms with van der Waals surface area (Å²) in [4.78, 5) is 16.2. The van der Waals surface area contributed by atoms with Crippen molar-refractivity contribution in [3.8, 4) is 0 Å². The van der Waals surface area contributed by atoms with Crippen molar-refractivity contribution in [1.82, 2.24) is 9.55 Å². The number of aromatic nitrogens is 2. The quantitative estimate of drug-likeness (QED) is 0.489. The first-order chi connectivity index (χ1) is 11.8. The molecule has 0 N–H and O–H groups in total. The molecule has 0 fully saturated rings. The van der Waals surface area contributed by atoms with Crippen LogP contribution in [0.4, 0.5) is 0 Å². The van der Waals surface area contributed by atoms with Crippen molar-refractivity contribution < 1.29 is 9.53 Å². The minimum atomic E-state index is -0.368. The van der Waals surface area contributed by atoms with Gasteiger partial charge in [0.15, 0.2) is 0 Å². The topological polar surface area (TPSA) is 44.1 Å². The van der Waals surface area contributed by atoms with E-state index in [1.807, 2.05) is 71.4 Å². The Labute approximate surface area is 153 Å². The van der Waals surface area contributed by atoms with Gasteiger partial charge in [-0.2, -0.15) is 0 Å². The number of carbonyl (C=O) groups excluding carboxylic acids is 1. The number of hydrogen-bond donors (Lipinski definition) is 0. The Morgan fingerprint density at radius 1 is 1.08 bits per heavy atom. The van der Waals surface area contributed by atoms with Crippen LogP contribution in [0.25, 0.3) is 6.08 Å². The fourth-order valence-corrected chi connectivity index (χ4v) is 2.37. The van der Waals surface area contributed by atoms with E-state index in [4.69, 9.17) is 4.74 Å². The Hall–Kier alpha value is -2.85. The molecule has 0 saturated carbocycles. The minimum absolute atomic E-state index is 0. The largest absolute Gasteiger partial charge is 0.452 e. The highest BCUT2D eigenvalue weighted by molar-refractivity contribution is 5.87. The summed E-state index contributed by atoms with van der Waals surface area (Å²) in [5.74, 6) is -0.368. The minimum Gasteiger partial charge on any atom is -0.452 e. The van der Waals surface area contributed by atoms with Crippen molar-refractivity contribution in [3.63, 3.8) is 0 Å². The molecule has 0 amide bonds. The van der Waals surface area contributed by atoms with Crippen molar-refractivity contribution in [2.45, 2.75) is 12.6 Å². The number of carbonyl (C=O) groups is 1. The zero-order valence-electron chi connectivity index (χ0n) is 13.6. The van der Waals surface area contributed by atoms with E-state index < -0.39 is 0 Å². The van der Waals surface area contributed by atoms with Crippen molar-refractivity contribution in [2.24, 2.45) is 0 Å². The zero-order chi connectivity index (χ0) is 16.6. The van der Waals surface area contributed by atoms with Gasteiger partial charge in [-0.05, 0) is 17.2 Å². The molecule has 0 aliphatic carbocycles. The molecule has 128 valence electrons. The molecule has 3 aromatic rings. The molecule has 1 aromatic heterocycles. The van der Waals surface area contributed by atoms with Gasteiger partial charge in [-0.3, -0.25) is 0 Å². The highest BCUT2D eigenvalue weighted by atomic mass is 35.5. The standard InChI is InChI=1S/C20H18N2O2.ClH/c23-20(12-11-17-7-3-1-4-8-17)24-19(15-22-14-13-21-16-22)18-9-5-2-6-10-18;/h1-14,16,19H,15H2;1H/b12-11+;. The smallest absolute Gasteiger partial charge is 0.331 e. The summed E-state index contributed by atoms with van der Waals surface area (Å²) in [5.41, 5.74) is 1.91. The maximum Gasteiger partial charge on any atom is 0.331 e. The summed E-state index contributed by atoms with van der Waals surface area (Å²) in [6.07, 6.45) is 8.11. The van der Waals surface area contributed by atoms with Crippen LogP contribution in [0.1, 0.15) is 17.2 Å². The lowest BCUT2D eigenvalue weighted by Crippen LogP contribution is -2.15. The second-order valence-corrected chi connectivity index (χ2v) is 5.34. The van der Waals surface area contributed by atoms with Gasteiger partial charge < -0.3 is 9.30 Å². The number of halogens is 1. The van der Waals surface area contributed by atoms with Crippen molar-refractivity contribution >= 4 is 24.5 Å². The molecule has 0 saturated heterocycles. The first-order valence-corrected chi connectivity index (χ1v) is 7.76. The van der Waals surface area contributed by atoms with Crippen molar-refractivity contribution in [3.05, 3.63) is 96.6 Å². The number of esters is 1. The number of imidazole rings is 1. The fourth-order valence-electron chi connectivity index (χ4n) is 2.37. The molecule has 0 aliphatic rings. The van der Waals surface area contributed by atoms with E-state index in [0.717, 1.165) is 11.1 Å². The molecule has 4 nitrogen and oxygen atoms in total.